The van der Waals surface area contributed by atoms with Crippen LogP contribution < -0.4 is 0 Å². The highest BCUT2D eigenvalue weighted by Gasteiger charge is 2.21. The molecule has 2 aromatic carbocycles. The summed E-state index contributed by atoms with van der Waals surface area (Å²) in [5.74, 6) is 0. The Balaban J connectivity index is 1.65. The van der Waals surface area contributed by atoms with E-state index in [-0.39, 0.29) is 0 Å². The highest BCUT2D eigenvalue weighted by Crippen LogP contribution is 2.37. The van der Waals surface area contributed by atoms with Gasteiger partial charge in [-0.15, -0.1) is 0 Å². The van der Waals surface area contributed by atoms with Crippen molar-refractivity contribution in [3.63, 3.8) is 0 Å². The fourth-order valence-electron chi connectivity index (χ4n) is 3.68. The molecular formula is C24H17N5S. The highest BCUT2D eigenvalue weighted by molar-refractivity contribution is 7.24. The van der Waals surface area contributed by atoms with Crippen molar-refractivity contribution in [2.45, 2.75) is 6.92 Å². The Bertz CT molecular complexity index is 1480. The Kier molecular flexibility index (Phi) is 3.79. The van der Waals surface area contributed by atoms with Crippen molar-refractivity contribution in [3.05, 3.63) is 90.9 Å². The summed E-state index contributed by atoms with van der Waals surface area (Å²) in [6, 6.07) is 22.7. The largest absolute Gasteiger partial charge is 0.274 e. The van der Waals surface area contributed by atoms with Gasteiger partial charge in [0.2, 0.25) is 0 Å². The first-order valence-corrected chi connectivity index (χ1v) is 10.5. The van der Waals surface area contributed by atoms with E-state index in [1.807, 2.05) is 41.2 Å². The molecule has 0 saturated carbocycles. The van der Waals surface area contributed by atoms with Gasteiger partial charge in [0.25, 0.3) is 0 Å². The van der Waals surface area contributed by atoms with Crippen LogP contribution in [-0.2, 0) is 0 Å². The van der Waals surface area contributed by atoms with Gasteiger partial charge in [-0.1, -0.05) is 59.4 Å². The van der Waals surface area contributed by atoms with Gasteiger partial charge < -0.3 is 0 Å². The first kappa shape index (κ1) is 17.1. The summed E-state index contributed by atoms with van der Waals surface area (Å²) >= 11 is 1.66. The molecule has 0 aliphatic rings. The van der Waals surface area contributed by atoms with Crippen molar-refractivity contribution in [1.82, 2.24) is 24.1 Å². The summed E-state index contributed by atoms with van der Waals surface area (Å²) in [7, 11) is 0. The van der Waals surface area contributed by atoms with Crippen LogP contribution in [0.15, 0.2) is 85.3 Å². The zero-order valence-electron chi connectivity index (χ0n) is 16.2. The molecule has 6 rings (SSSR count). The second kappa shape index (κ2) is 6.64. The van der Waals surface area contributed by atoms with Gasteiger partial charge in [-0.3, -0.25) is 9.38 Å². The van der Waals surface area contributed by atoms with Crippen LogP contribution in [-0.4, -0.2) is 24.1 Å². The Morgan fingerprint density at radius 3 is 2.43 bits per heavy atom. The number of aromatic nitrogens is 5. The molecule has 5 nitrogen and oxygen atoms in total. The average molecular weight is 408 g/mol. The summed E-state index contributed by atoms with van der Waals surface area (Å²) in [6.45, 7) is 2.09. The minimum Gasteiger partial charge on any atom is -0.274 e. The van der Waals surface area contributed by atoms with Crippen LogP contribution in [0, 0.1) is 6.92 Å². The van der Waals surface area contributed by atoms with Crippen LogP contribution in [0.5, 0.6) is 0 Å². The molecule has 0 saturated heterocycles. The van der Waals surface area contributed by atoms with E-state index in [4.69, 9.17) is 10.1 Å². The maximum absolute atomic E-state index is 4.99. The topological polar surface area (TPSA) is 48.0 Å². The van der Waals surface area contributed by atoms with Crippen molar-refractivity contribution in [3.8, 4) is 28.2 Å². The number of imidazole rings is 1. The molecule has 0 amide bonds. The lowest BCUT2D eigenvalue weighted by Crippen LogP contribution is -1.99. The monoisotopic (exact) mass is 407 g/mol. The van der Waals surface area contributed by atoms with Crippen LogP contribution in [0.3, 0.4) is 0 Å². The van der Waals surface area contributed by atoms with Crippen LogP contribution in [0.4, 0.5) is 0 Å². The number of aryl methyl sites for hydroxylation is 1. The SMILES string of the molecule is Cc1ccc(-n2nc(-c3cccnc3)c3sc4nc(-c5ccccc5)cn4c32)cc1. The van der Waals surface area contributed by atoms with Gasteiger partial charge in [-0.05, 0) is 31.2 Å². The lowest BCUT2D eigenvalue weighted by atomic mass is 10.2. The second-order valence-electron chi connectivity index (χ2n) is 7.24. The molecule has 144 valence electrons. The Morgan fingerprint density at radius 2 is 1.67 bits per heavy atom. The highest BCUT2D eigenvalue weighted by atomic mass is 32.1. The van der Waals surface area contributed by atoms with E-state index in [9.17, 15) is 0 Å². The zero-order valence-corrected chi connectivity index (χ0v) is 17.0. The number of thiazole rings is 1. The van der Waals surface area contributed by atoms with E-state index < -0.39 is 0 Å². The van der Waals surface area contributed by atoms with Gasteiger partial charge >= 0.3 is 0 Å². The summed E-state index contributed by atoms with van der Waals surface area (Å²) < 4.78 is 5.26. The number of hydrogen-bond acceptors (Lipinski definition) is 4. The molecule has 0 unspecified atom stereocenters. The number of benzene rings is 2. The molecule has 4 heterocycles. The smallest absolute Gasteiger partial charge is 0.196 e. The summed E-state index contributed by atoms with van der Waals surface area (Å²) in [4.78, 5) is 10.1. The predicted molar refractivity (Wildman–Crippen MR) is 121 cm³/mol. The van der Waals surface area contributed by atoms with Gasteiger partial charge in [0.1, 0.15) is 10.4 Å². The number of hydrogen-bond donors (Lipinski definition) is 0. The number of nitrogens with zero attached hydrogens (tertiary/aromatic N) is 5. The van der Waals surface area contributed by atoms with Crippen LogP contribution in [0.1, 0.15) is 5.56 Å². The van der Waals surface area contributed by atoms with E-state index in [1.54, 1.807) is 17.5 Å². The first-order chi connectivity index (χ1) is 14.8. The number of pyridine rings is 1. The molecule has 0 fully saturated rings. The van der Waals surface area contributed by atoms with E-state index in [1.165, 1.54) is 5.56 Å². The number of fused-ring (bicyclic) bond motifs is 3. The average Bonchev–Trinajstić information content (AvgIpc) is 3.45. The zero-order chi connectivity index (χ0) is 20.1. The lowest BCUT2D eigenvalue weighted by molar-refractivity contribution is 0.892. The Morgan fingerprint density at radius 1 is 0.867 bits per heavy atom. The second-order valence-corrected chi connectivity index (χ2v) is 8.21. The van der Waals surface area contributed by atoms with E-state index in [2.05, 4.69) is 58.9 Å². The summed E-state index contributed by atoms with van der Waals surface area (Å²) in [5.41, 5.74) is 7.26. The lowest BCUT2D eigenvalue weighted by Gasteiger charge is -2.03. The van der Waals surface area contributed by atoms with Gasteiger partial charge in [-0.2, -0.15) is 5.10 Å². The molecule has 0 atom stereocenters. The third-order valence-corrected chi connectivity index (χ3v) is 6.25. The molecular weight excluding hydrogens is 390 g/mol. The first-order valence-electron chi connectivity index (χ1n) is 9.71. The van der Waals surface area contributed by atoms with Crippen LogP contribution in [0.25, 0.3) is 43.5 Å². The minimum absolute atomic E-state index is 0.926. The quantitative estimate of drug-likeness (QED) is 0.374. The van der Waals surface area contributed by atoms with Gasteiger partial charge in [0, 0.05) is 29.7 Å². The molecule has 0 bridgehead atoms. The fraction of sp³-hybridized carbons (Fsp3) is 0.0417. The molecule has 6 heteroatoms. The summed E-state index contributed by atoms with van der Waals surface area (Å²) in [6.07, 6.45) is 5.74. The predicted octanol–water partition coefficient (Wildman–Crippen LogP) is 5.77. The van der Waals surface area contributed by atoms with Crippen molar-refractivity contribution >= 4 is 26.6 Å². The van der Waals surface area contributed by atoms with Crippen molar-refractivity contribution in [2.24, 2.45) is 0 Å². The van der Waals surface area contributed by atoms with Crippen LogP contribution in [0.2, 0.25) is 0 Å². The molecule has 0 N–H and O–H groups in total. The minimum atomic E-state index is 0.926. The van der Waals surface area contributed by atoms with E-state index in [0.29, 0.717) is 0 Å². The third-order valence-electron chi connectivity index (χ3n) is 5.20. The maximum Gasteiger partial charge on any atom is 0.196 e. The molecule has 0 aliphatic carbocycles. The summed E-state index contributed by atoms with van der Waals surface area (Å²) in [5, 5.41) is 4.99. The molecule has 6 aromatic rings. The Labute approximate surface area is 176 Å². The maximum atomic E-state index is 4.99. The normalized spacial score (nSPS) is 11.5. The van der Waals surface area contributed by atoms with Gasteiger partial charge in [0.15, 0.2) is 10.6 Å². The molecule has 0 aliphatic heterocycles. The number of rotatable bonds is 3. The fourth-order valence-corrected chi connectivity index (χ4v) is 4.78. The Hall–Kier alpha value is -3.77. The van der Waals surface area contributed by atoms with Gasteiger partial charge in [-0.25, -0.2) is 9.67 Å². The third kappa shape index (κ3) is 2.65. The van der Waals surface area contributed by atoms with Crippen molar-refractivity contribution in [2.75, 3.05) is 0 Å². The van der Waals surface area contributed by atoms with E-state index >= 15 is 0 Å². The van der Waals surface area contributed by atoms with Crippen molar-refractivity contribution < 1.29 is 0 Å². The van der Waals surface area contributed by atoms with Gasteiger partial charge in [0.05, 0.1) is 11.4 Å². The molecule has 30 heavy (non-hydrogen) atoms. The molecule has 0 spiro atoms. The molecule has 4 aromatic heterocycles. The van der Waals surface area contributed by atoms with Crippen LogP contribution >= 0.6 is 11.3 Å². The van der Waals surface area contributed by atoms with E-state index in [0.717, 1.165) is 43.5 Å². The standard InChI is InChI=1S/C24H17N5S/c1-16-9-11-19(12-10-16)29-23-22(21(27-29)18-8-5-13-25-14-18)30-24-26-20(15-28(23)24)17-6-3-2-4-7-17/h2-15H,1H3. The molecule has 0 radical (unpaired) electrons. The van der Waals surface area contributed by atoms with Crippen molar-refractivity contribution in [1.29, 1.82) is 0 Å².